The minimum atomic E-state index is -3.87. The maximum absolute atomic E-state index is 13.3. The number of anilines is 3. The van der Waals surface area contributed by atoms with Crippen LogP contribution in [0.4, 0.5) is 21.9 Å². The Morgan fingerprint density at radius 1 is 0.889 bits per heavy atom. The lowest BCUT2D eigenvalue weighted by atomic mass is 10.0. The highest BCUT2D eigenvalue weighted by atomic mass is 32.2. The number of aromatic nitrogens is 1. The standard InChI is InChI=1S/C27H27N5O3S/c1-32(2)24-9-5-8-21(17-24)25-10-3-4-11-26(25)36(34,35)31-23-14-12-22(13-15-23)30-27(33)29-19-20-7-6-16-28-18-20/h3-18,31H,19H2,1-2H3,(H2,29,30,33). The molecule has 8 nitrogen and oxygen atoms in total. The van der Waals surface area contributed by atoms with Crippen molar-refractivity contribution in [1.29, 1.82) is 0 Å². The lowest BCUT2D eigenvalue weighted by Gasteiger charge is -2.16. The van der Waals surface area contributed by atoms with Crippen LogP contribution in [0.2, 0.25) is 0 Å². The van der Waals surface area contributed by atoms with Crippen LogP contribution in [0.15, 0.2) is 102 Å². The molecular weight excluding hydrogens is 474 g/mol. The molecule has 0 atom stereocenters. The highest BCUT2D eigenvalue weighted by Crippen LogP contribution is 2.31. The van der Waals surface area contributed by atoms with Crippen molar-refractivity contribution >= 4 is 33.1 Å². The van der Waals surface area contributed by atoms with Gasteiger partial charge in [0.05, 0.1) is 4.90 Å². The maximum Gasteiger partial charge on any atom is 0.319 e. The quantitative estimate of drug-likeness (QED) is 0.317. The van der Waals surface area contributed by atoms with E-state index in [0.717, 1.165) is 16.8 Å². The maximum atomic E-state index is 13.3. The Balaban J connectivity index is 1.45. The lowest BCUT2D eigenvalue weighted by Crippen LogP contribution is -2.28. The number of hydrogen-bond acceptors (Lipinski definition) is 5. The first-order chi connectivity index (χ1) is 17.3. The molecule has 0 saturated heterocycles. The van der Waals surface area contributed by atoms with Gasteiger partial charge in [-0.3, -0.25) is 9.71 Å². The molecule has 0 aliphatic carbocycles. The Kier molecular flexibility index (Phi) is 7.50. The third-order valence-corrected chi connectivity index (χ3v) is 6.86. The van der Waals surface area contributed by atoms with Crippen LogP contribution in [-0.2, 0) is 16.6 Å². The number of urea groups is 1. The van der Waals surface area contributed by atoms with Gasteiger partial charge in [0.2, 0.25) is 0 Å². The minimum absolute atomic E-state index is 0.179. The van der Waals surface area contributed by atoms with Gasteiger partial charge in [0.1, 0.15) is 0 Å². The monoisotopic (exact) mass is 501 g/mol. The van der Waals surface area contributed by atoms with E-state index in [1.54, 1.807) is 60.9 Å². The number of hydrogen-bond donors (Lipinski definition) is 3. The number of nitrogens with zero attached hydrogens (tertiary/aromatic N) is 2. The molecule has 4 rings (SSSR count). The molecule has 0 bridgehead atoms. The number of benzene rings is 3. The molecule has 36 heavy (non-hydrogen) atoms. The molecular formula is C27H27N5O3S. The van der Waals surface area contributed by atoms with Gasteiger partial charge in [-0.2, -0.15) is 0 Å². The van der Waals surface area contributed by atoms with Gasteiger partial charge in [0.25, 0.3) is 10.0 Å². The molecule has 0 fully saturated rings. The van der Waals surface area contributed by atoms with Crippen molar-refractivity contribution in [3.8, 4) is 11.1 Å². The first-order valence-corrected chi connectivity index (χ1v) is 12.7. The molecule has 0 aliphatic rings. The molecule has 3 N–H and O–H groups in total. The van der Waals surface area contributed by atoms with Gasteiger partial charge in [0.15, 0.2) is 0 Å². The van der Waals surface area contributed by atoms with Crippen LogP contribution in [0.3, 0.4) is 0 Å². The molecule has 1 heterocycles. The second-order valence-electron chi connectivity index (χ2n) is 8.29. The summed E-state index contributed by atoms with van der Waals surface area (Å²) in [7, 11) is 0.00388. The molecule has 0 spiro atoms. The fourth-order valence-corrected chi connectivity index (χ4v) is 4.87. The predicted octanol–water partition coefficient (Wildman–Crippen LogP) is 4.94. The fraction of sp³-hybridized carbons (Fsp3) is 0.111. The molecule has 1 aromatic heterocycles. The predicted molar refractivity (Wildman–Crippen MR) is 144 cm³/mol. The molecule has 0 saturated carbocycles. The lowest BCUT2D eigenvalue weighted by molar-refractivity contribution is 0.251. The summed E-state index contributed by atoms with van der Waals surface area (Å²) in [5, 5.41) is 5.48. The molecule has 4 aromatic rings. The van der Waals surface area contributed by atoms with E-state index < -0.39 is 10.0 Å². The zero-order valence-electron chi connectivity index (χ0n) is 20.0. The number of carbonyl (C=O) groups excluding carboxylic acids is 1. The first kappa shape index (κ1) is 24.7. The van der Waals surface area contributed by atoms with Crippen molar-refractivity contribution in [3.63, 3.8) is 0 Å². The summed E-state index contributed by atoms with van der Waals surface area (Å²) in [4.78, 5) is 18.3. The molecule has 3 aromatic carbocycles. The van der Waals surface area contributed by atoms with Gasteiger partial charge in [-0.05, 0) is 59.7 Å². The number of pyridine rings is 1. The zero-order chi connectivity index (χ0) is 25.5. The van der Waals surface area contributed by atoms with Gasteiger partial charge in [-0.1, -0.05) is 36.4 Å². The Morgan fingerprint density at radius 3 is 2.36 bits per heavy atom. The zero-order valence-corrected chi connectivity index (χ0v) is 20.8. The van der Waals surface area contributed by atoms with Crippen molar-refractivity contribution in [2.24, 2.45) is 0 Å². The normalized spacial score (nSPS) is 10.9. The number of nitrogens with one attached hydrogen (secondary N) is 3. The van der Waals surface area contributed by atoms with Crippen LogP contribution in [-0.4, -0.2) is 33.5 Å². The second kappa shape index (κ2) is 10.9. The molecule has 9 heteroatoms. The van der Waals surface area contributed by atoms with E-state index in [4.69, 9.17) is 0 Å². The molecule has 0 aliphatic heterocycles. The average molecular weight is 502 g/mol. The van der Waals surface area contributed by atoms with Crippen molar-refractivity contribution < 1.29 is 13.2 Å². The number of amides is 2. The van der Waals surface area contributed by atoms with Crippen LogP contribution in [0.1, 0.15) is 5.56 Å². The Labute approximate surface area is 211 Å². The molecule has 184 valence electrons. The summed E-state index contributed by atoms with van der Waals surface area (Å²) in [5.74, 6) is 0. The van der Waals surface area contributed by atoms with E-state index in [1.165, 1.54) is 0 Å². The van der Waals surface area contributed by atoms with Crippen LogP contribution in [0.5, 0.6) is 0 Å². The summed E-state index contributed by atoms with van der Waals surface area (Å²) in [5.41, 5.74) is 4.18. The van der Waals surface area contributed by atoms with Gasteiger partial charge in [-0.25, -0.2) is 13.2 Å². The Hall–Kier alpha value is -4.37. The van der Waals surface area contributed by atoms with E-state index in [9.17, 15) is 13.2 Å². The van der Waals surface area contributed by atoms with Crippen LogP contribution >= 0.6 is 0 Å². The molecule has 0 radical (unpaired) electrons. The van der Waals surface area contributed by atoms with Gasteiger partial charge in [0, 0.05) is 55.7 Å². The van der Waals surface area contributed by atoms with Crippen molar-refractivity contribution in [3.05, 3.63) is 103 Å². The van der Waals surface area contributed by atoms with Crippen LogP contribution in [0, 0.1) is 0 Å². The number of carbonyl (C=O) groups is 1. The van der Waals surface area contributed by atoms with E-state index in [2.05, 4.69) is 20.3 Å². The summed E-state index contributed by atoms with van der Waals surface area (Å²) < 4.78 is 29.2. The smallest absolute Gasteiger partial charge is 0.319 e. The largest absolute Gasteiger partial charge is 0.378 e. The van der Waals surface area contributed by atoms with Gasteiger partial charge < -0.3 is 15.5 Å². The Bertz CT molecular complexity index is 1440. The van der Waals surface area contributed by atoms with Crippen molar-refractivity contribution in [2.45, 2.75) is 11.4 Å². The third-order valence-electron chi connectivity index (χ3n) is 5.42. The van der Waals surface area contributed by atoms with E-state index in [1.807, 2.05) is 55.4 Å². The van der Waals surface area contributed by atoms with E-state index in [0.29, 0.717) is 23.5 Å². The summed E-state index contributed by atoms with van der Waals surface area (Å²) in [6.07, 6.45) is 3.35. The van der Waals surface area contributed by atoms with Crippen molar-refractivity contribution in [2.75, 3.05) is 29.0 Å². The fourth-order valence-electron chi connectivity index (χ4n) is 3.58. The van der Waals surface area contributed by atoms with Gasteiger partial charge in [-0.15, -0.1) is 0 Å². The topological polar surface area (TPSA) is 103 Å². The number of sulfonamides is 1. The second-order valence-corrected chi connectivity index (χ2v) is 9.94. The van der Waals surface area contributed by atoms with Crippen LogP contribution < -0.4 is 20.3 Å². The van der Waals surface area contributed by atoms with Gasteiger partial charge >= 0.3 is 6.03 Å². The molecule has 0 unspecified atom stereocenters. The number of rotatable bonds is 8. The minimum Gasteiger partial charge on any atom is -0.378 e. The Morgan fingerprint density at radius 2 is 1.64 bits per heavy atom. The summed E-state index contributed by atoms with van der Waals surface area (Å²) in [6, 6.07) is 24.4. The SMILES string of the molecule is CN(C)c1cccc(-c2ccccc2S(=O)(=O)Nc2ccc(NC(=O)NCc3cccnc3)cc2)c1. The van der Waals surface area contributed by atoms with Crippen LogP contribution in [0.25, 0.3) is 11.1 Å². The summed E-state index contributed by atoms with van der Waals surface area (Å²) in [6.45, 7) is 0.342. The highest BCUT2D eigenvalue weighted by Gasteiger charge is 2.19. The highest BCUT2D eigenvalue weighted by molar-refractivity contribution is 7.92. The average Bonchev–Trinajstić information content (AvgIpc) is 2.89. The summed E-state index contributed by atoms with van der Waals surface area (Å²) >= 11 is 0. The van der Waals surface area contributed by atoms with E-state index >= 15 is 0 Å². The van der Waals surface area contributed by atoms with E-state index in [-0.39, 0.29) is 10.9 Å². The first-order valence-electron chi connectivity index (χ1n) is 11.3. The van der Waals surface area contributed by atoms with Crippen molar-refractivity contribution in [1.82, 2.24) is 10.3 Å². The molecule has 2 amide bonds. The third kappa shape index (κ3) is 6.19.